The minimum absolute atomic E-state index is 0.280. The molecule has 3 aromatic carbocycles. The van der Waals surface area contributed by atoms with Crippen molar-refractivity contribution in [3.05, 3.63) is 118 Å². The van der Waals surface area contributed by atoms with Crippen LogP contribution in [0, 0.1) is 0 Å². The number of carboxylic acid groups (broad SMARTS) is 1. The van der Waals surface area contributed by atoms with Gasteiger partial charge in [0.15, 0.2) is 6.04 Å². The molecule has 0 aromatic heterocycles. The molecular formula is C22H19N3O3. The van der Waals surface area contributed by atoms with E-state index >= 15 is 0 Å². The van der Waals surface area contributed by atoms with Crippen molar-refractivity contribution in [3.8, 4) is 0 Å². The van der Waals surface area contributed by atoms with Gasteiger partial charge in [-0.2, -0.15) is 0 Å². The summed E-state index contributed by atoms with van der Waals surface area (Å²) >= 11 is 0. The van der Waals surface area contributed by atoms with Crippen LogP contribution >= 0.6 is 0 Å². The number of rotatable bonds is 8. The highest BCUT2D eigenvalue weighted by Gasteiger charge is 2.38. The number of hydrogen-bond donors (Lipinski definition) is 1. The van der Waals surface area contributed by atoms with E-state index in [9.17, 15) is 9.90 Å². The van der Waals surface area contributed by atoms with E-state index < -0.39 is 17.6 Å². The molecule has 3 rings (SSSR count). The Labute approximate surface area is 162 Å². The fraction of sp³-hybridized carbons (Fsp3) is 0.136. The summed E-state index contributed by atoms with van der Waals surface area (Å²) in [6.45, 7) is -0.280. The maximum atomic E-state index is 11.5. The highest BCUT2D eigenvalue weighted by molar-refractivity contribution is 5.73. The second-order valence-corrected chi connectivity index (χ2v) is 6.15. The topological polar surface area (TPSA) is 95.3 Å². The Morgan fingerprint density at radius 3 is 1.61 bits per heavy atom. The lowest BCUT2D eigenvalue weighted by Gasteiger charge is -2.36. The van der Waals surface area contributed by atoms with Crippen LogP contribution in [0.1, 0.15) is 16.7 Å². The van der Waals surface area contributed by atoms with Gasteiger partial charge in [0.25, 0.3) is 0 Å². The Kier molecular flexibility index (Phi) is 6.07. The van der Waals surface area contributed by atoms with Gasteiger partial charge >= 0.3 is 5.97 Å². The molecule has 0 saturated carbocycles. The van der Waals surface area contributed by atoms with Gasteiger partial charge in [0.1, 0.15) is 5.60 Å². The highest BCUT2D eigenvalue weighted by Crippen LogP contribution is 2.40. The molecule has 1 N–H and O–H groups in total. The lowest BCUT2D eigenvalue weighted by Crippen LogP contribution is -2.37. The quantitative estimate of drug-likeness (QED) is 0.267. The third-order valence-electron chi connectivity index (χ3n) is 4.47. The van der Waals surface area contributed by atoms with Crippen LogP contribution in [0.5, 0.6) is 0 Å². The summed E-state index contributed by atoms with van der Waals surface area (Å²) in [5, 5.41) is 12.7. The summed E-state index contributed by atoms with van der Waals surface area (Å²) < 4.78 is 6.32. The first-order valence-corrected chi connectivity index (χ1v) is 8.76. The van der Waals surface area contributed by atoms with Crippen molar-refractivity contribution in [3.63, 3.8) is 0 Å². The number of hydrogen-bond acceptors (Lipinski definition) is 3. The van der Waals surface area contributed by atoms with Gasteiger partial charge in [0.05, 0.1) is 6.61 Å². The summed E-state index contributed by atoms with van der Waals surface area (Å²) in [4.78, 5) is 14.1. The SMILES string of the molecule is [N-]=[N+]=N[C@@H](COC(c1ccccc1)(c1ccccc1)c1ccccc1)C(=O)O. The molecule has 140 valence electrons. The molecular weight excluding hydrogens is 354 g/mol. The molecule has 1 atom stereocenters. The first kappa shape index (κ1) is 19.2. The van der Waals surface area contributed by atoms with Gasteiger partial charge in [-0.1, -0.05) is 96.1 Å². The fourth-order valence-corrected chi connectivity index (χ4v) is 3.19. The third kappa shape index (κ3) is 3.88. The molecule has 0 aliphatic carbocycles. The second kappa shape index (κ2) is 8.86. The standard InChI is InChI=1S/C22H19N3O3/c23-25-24-20(21(26)27)16-28-22(17-10-4-1-5-11-17,18-12-6-2-7-13-18)19-14-8-3-9-15-19/h1-15,20H,16H2,(H,26,27)/t20-/m0/s1. The fourth-order valence-electron chi connectivity index (χ4n) is 3.19. The van der Waals surface area contributed by atoms with Crippen LogP contribution < -0.4 is 0 Å². The van der Waals surface area contributed by atoms with E-state index in [1.807, 2.05) is 91.0 Å². The Morgan fingerprint density at radius 1 is 0.893 bits per heavy atom. The van der Waals surface area contributed by atoms with Crippen LogP contribution in [-0.2, 0) is 15.1 Å². The van der Waals surface area contributed by atoms with E-state index in [1.54, 1.807) is 0 Å². The summed E-state index contributed by atoms with van der Waals surface area (Å²) in [7, 11) is 0. The van der Waals surface area contributed by atoms with E-state index in [2.05, 4.69) is 10.0 Å². The van der Waals surface area contributed by atoms with E-state index in [1.165, 1.54) is 0 Å². The van der Waals surface area contributed by atoms with Gasteiger partial charge < -0.3 is 9.84 Å². The molecule has 0 amide bonds. The largest absolute Gasteiger partial charge is 0.481 e. The molecule has 0 aliphatic rings. The molecule has 6 heteroatoms. The average molecular weight is 373 g/mol. The summed E-state index contributed by atoms with van der Waals surface area (Å²) in [6, 6.07) is 27.4. The number of ether oxygens (including phenoxy) is 1. The number of carboxylic acids is 1. The van der Waals surface area contributed by atoms with Gasteiger partial charge in [-0.05, 0) is 22.2 Å². The van der Waals surface area contributed by atoms with Crippen molar-refractivity contribution >= 4 is 5.97 Å². The van der Waals surface area contributed by atoms with Crippen molar-refractivity contribution in [1.29, 1.82) is 0 Å². The lowest BCUT2D eigenvalue weighted by atomic mass is 9.80. The molecule has 3 aromatic rings. The lowest BCUT2D eigenvalue weighted by molar-refractivity contribution is -0.141. The van der Waals surface area contributed by atoms with Gasteiger partial charge in [-0.25, -0.2) is 0 Å². The van der Waals surface area contributed by atoms with Gasteiger partial charge in [-0.15, -0.1) is 0 Å². The summed E-state index contributed by atoms with van der Waals surface area (Å²) in [6.07, 6.45) is 0. The zero-order valence-electron chi connectivity index (χ0n) is 15.1. The summed E-state index contributed by atoms with van der Waals surface area (Å²) in [5.74, 6) is -1.24. The molecule has 0 unspecified atom stereocenters. The molecule has 0 bridgehead atoms. The van der Waals surface area contributed by atoms with Crippen LogP contribution in [0.2, 0.25) is 0 Å². The molecule has 0 aliphatic heterocycles. The van der Waals surface area contributed by atoms with E-state index in [0.29, 0.717) is 0 Å². The smallest absolute Gasteiger partial charge is 0.314 e. The predicted molar refractivity (Wildman–Crippen MR) is 106 cm³/mol. The minimum atomic E-state index is -1.33. The third-order valence-corrected chi connectivity index (χ3v) is 4.47. The molecule has 0 fully saturated rings. The van der Waals surface area contributed by atoms with Crippen molar-refractivity contribution in [1.82, 2.24) is 0 Å². The maximum absolute atomic E-state index is 11.5. The molecule has 0 heterocycles. The minimum Gasteiger partial charge on any atom is -0.481 e. The van der Waals surface area contributed by atoms with Crippen LogP contribution in [0.15, 0.2) is 96.1 Å². The van der Waals surface area contributed by atoms with Crippen LogP contribution in [0.4, 0.5) is 0 Å². The summed E-state index contributed by atoms with van der Waals surface area (Å²) in [5.41, 5.74) is 10.2. The average Bonchev–Trinajstić information content (AvgIpc) is 2.75. The van der Waals surface area contributed by atoms with Gasteiger partial charge in [0.2, 0.25) is 0 Å². The normalized spacial score (nSPS) is 12.0. The highest BCUT2D eigenvalue weighted by atomic mass is 16.5. The van der Waals surface area contributed by atoms with Crippen molar-refractivity contribution in [2.24, 2.45) is 5.11 Å². The zero-order valence-corrected chi connectivity index (χ0v) is 15.1. The Morgan fingerprint density at radius 2 is 1.29 bits per heavy atom. The van der Waals surface area contributed by atoms with Gasteiger partial charge in [0, 0.05) is 4.91 Å². The molecule has 0 radical (unpaired) electrons. The van der Waals surface area contributed by atoms with E-state index in [-0.39, 0.29) is 6.61 Å². The van der Waals surface area contributed by atoms with Crippen LogP contribution in [-0.4, -0.2) is 23.7 Å². The number of benzene rings is 3. The maximum Gasteiger partial charge on any atom is 0.314 e. The Hall–Kier alpha value is -3.60. The Bertz CT molecular complexity index is 857. The first-order valence-electron chi connectivity index (χ1n) is 8.76. The first-order chi connectivity index (χ1) is 13.7. The van der Waals surface area contributed by atoms with E-state index in [0.717, 1.165) is 16.7 Å². The van der Waals surface area contributed by atoms with Crippen molar-refractivity contribution in [2.75, 3.05) is 6.61 Å². The Balaban J connectivity index is 2.19. The predicted octanol–water partition coefficient (Wildman–Crippen LogP) is 4.76. The monoisotopic (exact) mass is 373 g/mol. The van der Waals surface area contributed by atoms with Crippen LogP contribution in [0.25, 0.3) is 10.4 Å². The second-order valence-electron chi connectivity index (χ2n) is 6.15. The molecule has 28 heavy (non-hydrogen) atoms. The van der Waals surface area contributed by atoms with E-state index in [4.69, 9.17) is 10.3 Å². The van der Waals surface area contributed by atoms with Crippen molar-refractivity contribution < 1.29 is 14.6 Å². The van der Waals surface area contributed by atoms with Gasteiger partial charge in [-0.3, -0.25) is 4.79 Å². The molecule has 0 spiro atoms. The number of azide groups is 1. The molecule has 0 saturated heterocycles. The number of aliphatic carboxylic acids is 1. The zero-order chi connectivity index (χ0) is 19.8. The van der Waals surface area contributed by atoms with Crippen molar-refractivity contribution in [2.45, 2.75) is 11.6 Å². The number of carbonyl (C=O) groups is 1. The van der Waals surface area contributed by atoms with Crippen LogP contribution in [0.3, 0.4) is 0 Å². The molecule has 6 nitrogen and oxygen atoms in total. The number of nitrogens with zero attached hydrogens (tertiary/aromatic N) is 3.